The van der Waals surface area contributed by atoms with E-state index in [2.05, 4.69) is 73.0 Å². The summed E-state index contributed by atoms with van der Waals surface area (Å²) in [5.74, 6) is 0.790. The predicted octanol–water partition coefficient (Wildman–Crippen LogP) is 4.23. The standard InChI is InChI=1S/C18H26N4S.HI/c1-13-8-6-7-9-14(13)10-20-17(19-5)21-11-15-12-23-16(22-15)18(2,3)4;/h6-9,12H,10-11H2,1-5H3,(H2,19,20,21);1H. The van der Waals surface area contributed by atoms with E-state index in [0.717, 1.165) is 23.2 Å². The summed E-state index contributed by atoms with van der Waals surface area (Å²) in [5, 5.41) is 9.95. The van der Waals surface area contributed by atoms with Gasteiger partial charge in [-0.3, -0.25) is 4.99 Å². The third-order valence-corrected chi connectivity index (χ3v) is 4.88. The molecule has 132 valence electrons. The van der Waals surface area contributed by atoms with Crippen LogP contribution in [0.25, 0.3) is 0 Å². The van der Waals surface area contributed by atoms with Crippen LogP contribution in [0.5, 0.6) is 0 Å². The van der Waals surface area contributed by atoms with Gasteiger partial charge < -0.3 is 10.6 Å². The molecule has 2 aromatic rings. The lowest BCUT2D eigenvalue weighted by Crippen LogP contribution is -2.36. The molecule has 0 aliphatic rings. The maximum absolute atomic E-state index is 4.69. The first-order chi connectivity index (χ1) is 10.9. The summed E-state index contributed by atoms with van der Waals surface area (Å²) >= 11 is 1.72. The van der Waals surface area contributed by atoms with E-state index in [1.807, 2.05) is 0 Å². The molecular formula is C18H27IN4S. The van der Waals surface area contributed by atoms with Gasteiger partial charge in [0.1, 0.15) is 0 Å². The highest BCUT2D eigenvalue weighted by atomic mass is 127. The summed E-state index contributed by atoms with van der Waals surface area (Å²) in [5.41, 5.74) is 3.72. The van der Waals surface area contributed by atoms with Crippen LogP contribution in [0.15, 0.2) is 34.6 Å². The number of aliphatic imine (C=N–C) groups is 1. The number of hydrogen-bond acceptors (Lipinski definition) is 3. The van der Waals surface area contributed by atoms with Gasteiger partial charge in [0.25, 0.3) is 0 Å². The Balaban J connectivity index is 0.00000288. The highest BCUT2D eigenvalue weighted by Crippen LogP contribution is 2.25. The molecule has 1 aromatic heterocycles. The van der Waals surface area contributed by atoms with Crippen molar-refractivity contribution in [2.45, 2.75) is 46.2 Å². The molecule has 4 nitrogen and oxygen atoms in total. The molecule has 0 atom stereocenters. The molecule has 0 radical (unpaired) electrons. The zero-order valence-electron chi connectivity index (χ0n) is 15.0. The van der Waals surface area contributed by atoms with E-state index in [9.17, 15) is 0 Å². The number of halogens is 1. The molecule has 0 saturated carbocycles. The van der Waals surface area contributed by atoms with E-state index < -0.39 is 0 Å². The van der Waals surface area contributed by atoms with Gasteiger partial charge in [0.2, 0.25) is 0 Å². The second-order valence-corrected chi connectivity index (χ2v) is 7.46. The van der Waals surface area contributed by atoms with Crippen LogP contribution >= 0.6 is 35.3 Å². The van der Waals surface area contributed by atoms with E-state index >= 15 is 0 Å². The quantitative estimate of drug-likeness (QED) is 0.410. The Bertz CT molecular complexity index is 674. The van der Waals surface area contributed by atoms with Gasteiger partial charge in [0, 0.05) is 24.4 Å². The minimum atomic E-state index is 0. The molecule has 24 heavy (non-hydrogen) atoms. The SMILES string of the molecule is CN=C(NCc1csc(C(C)(C)C)n1)NCc1ccccc1C.I. The van der Waals surface area contributed by atoms with E-state index in [-0.39, 0.29) is 29.4 Å². The predicted molar refractivity (Wildman–Crippen MR) is 114 cm³/mol. The average molecular weight is 458 g/mol. The van der Waals surface area contributed by atoms with Crippen LogP contribution in [-0.4, -0.2) is 18.0 Å². The molecule has 0 unspecified atom stereocenters. The van der Waals surface area contributed by atoms with Gasteiger partial charge in [0.15, 0.2) is 5.96 Å². The molecular weight excluding hydrogens is 431 g/mol. The fraction of sp³-hybridized carbons (Fsp3) is 0.444. The average Bonchev–Trinajstić information content (AvgIpc) is 2.98. The van der Waals surface area contributed by atoms with Crippen LogP contribution in [-0.2, 0) is 18.5 Å². The van der Waals surface area contributed by atoms with Crippen LogP contribution < -0.4 is 10.6 Å². The van der Waals surface area contributed by atoms with Crippen molar-refractivity contribution >= 4 is 41.3 Å². The normalized spacial score (nSPS) is 11.8. The topological polar surface area (TPSA) is 49.3 Å². The molecule has 2 rings (SSSR count). The van der Waals surface area contributed by atoms with E-state index in [0.29, 0.717) is 6.54 Å². The van der Waals surface area contributed by atoms with Crippen molar-refractivity contribution < 1.29 is 0 Å². The number of aromatic nitrogens is 1. The Morgan fingerprint density at radius 2 is 1.83 bits per heavy atom. The van der Waals surface area contributed by atoms with Crippen LogP contribution in [0.1, 0.15) is 42.6 Å². The Morgan fingerprint density at radius 1 is 1.17 bits per heavy atom. The maximum atomic E-state index is 4.69. The third kappa shape index (κ3) is 6.05. The first-order valence-corrected chi connectivity index (χ1v) is 8.72. The lowest BCUT2D eigenvalue weighted by molar-refractivity contribution is 0.582. The summed E-state index contributed by atoms with van der Waals surface area (Å²) in [6.07, 6.45) is 0. The molecule has 6 heteroatoms. The number of thiazole rings is 1. The fourth-order valence-corrected chi connectivity index (χ4v) is 3.02. The number of benzene rings is 1. The molecule has 0 spiro atoms. The molecule has 2 N–H and O–H groups in total. The summed E-state index contributed by atoms with van der Waals surface area (Å²) in [4.78, 5) is 8.97. The number of rotatable bonds is 4. The van der Waals surface area contributed by atoms with Crippen LogP contribution in [0.4, 0.5) is 0 Å². The van der Waals surface area contributed by atoms with Crippen molar-refractivity contribution in [3.63, 3.8) is 0 Å². The van der Waals surface area contributed by atoms with Gasteiger partial charge in [-0.25, -0.2) is 4.98 Å². The molecule has 0 bridgehead atoms. The number of guanidine groups is 1. The van der Waals surface area contributed by atoms with Crippen molar-refractivity contribution in [2.24, 2.45) is 4.99 Å². The Morgan fingerprint density at radius 3 is 2.42 bits per heavy atom. The monoisotopic (exact) mass is 458 g/mol. The first kappa shape index (κ1) is 20.9. The van der Waals surface area contributed by atoms with Gasteiger partial charge in [0.05, 0.1) is 17.2 Å². The third-order valence-electron chi connectivity index (χ3n) is 3.56. The Kier molecular flexibility index (Phi) is 8.15. The lowest BCUT2D eigenvalue weighted by Gasteiger charge is -2.14. The highest BCUT2D eigenvalue weighted by Gasteiger charge is 2.17. The highest BCUT2D eigenvalue weighted by molar-refractivity contribution is 14.0. The lowest BCUT2D eigenvalue weighted by atomic mass is 9.98. The van der Waals surface area contributed by atoms with Crippen molar-refractivity contribution in [2.75, 3.05) is 7.05 Å². The van der Waals surface area contributed by atoms with Crippen molar-refractivity contribution in [3.8, 4) is 0 Å². The van der Waals surface area contributed by atoms with E-state index in [1.54, 1.807) is 18.4 Å². The molecule has 0 saturated heterocycles. The van der Waals surface area contributed by atoms with Crippen molar-refractivity contribution in [1.29, 1.82) is 0 Å². The number of nitrogens with one attached hydrogen (secondary N) is 2. The Labute approximate surface area is 166 Å². The minimum absolute atomic E-state index is 0. The maximum Gasteiger partial charge on any atom is 0.191 e. The van der Waals surface area contributed by atoms with E-state index in [1.165, 1.54) is 11.1 Å². The largest absolute Gasteiger partial charge is 0.352 e. The van der Waals surface area contributed by atoms with Gasteiger partial charge in [-0.2, -0.15) is 0 Å². The Hall–Kier alpha value is -1.15. The number of aryl methyl sites for hydroxylation is 1. The van der Waals surface area contributed by atoms with E-state index in [4.69, 9.17) is 4.98 Å². The van der Waals surface area contributed by atoms with Gasteiger partial charge in [-0.05, 0) is 18.1 Å². The van der Waals surface area contributed by atoms with Gasteiger partial charge >= 0.3 is 0 Å². The van der Waals surface area contributed by atoms with Crippen molar-refractivity contribution in [3.05, 3.63) is 51.5 Å². The molecule has 0 fully saturated rings. The molecule has 0 aliphatic heterocycles. The van der Waals surface area contributed by atoms with Crippen LogP contribution in [0, 0.1) is 6.92 Å². The van der Waals surface area contributed by atoms with Crippen LogP contribution in [0.2, 0.25) is 0 Å². The second-order valence-electron chi connectivity index (χ2n) is 6.60. The molecule has 0 aliphatic carbocycles. The summed E-state index contributed by atoms with van der Waals surface area (Å²) in [6.45, 7) is 10.1. The molecule has 0 amide bonds. The number of nitrogens with zero attached hydrogens (tertiary/aromatic N) is 2. The zero-order valence-corrected chi connectivity index (χ0v) is 18.2. The van der Waals surface area contributed by atoms with Gasteiger partial charge in [-0.15, -0.1) is 35.3 Å². The summed E-state index contributed by atoms with van der Waals surface area (Å²) in [7, 11) is 1.79. The van der Waals surface area contributed by atoms with Crippen molar-refractivity contribution in [1.82, 2.24) is 15.6 Å². The fourth-order valence-electron chi connectivity index (χ4n) is 2.11. The summed E-state index contributed by atoms with van der Waals surface area (Å²) in [6, 6.07) is 8.37. The summed E-state index contributed by atoms with van der Waals surface area (Å²) < 4.78 is 0. The molecule has 1 aromatic carbocycles. The second kappa shape index (κ2) is 9.36. The molecule has 1 heterocycles. The smallest absolute Gasteiger partial charge is 0.191 e. The van der Waals surface area contributed by atoms with Crippen LogP contribution in [0.3, 0.4) is 0 Å². The zero-order chi connectivity index (χ0) is 16.9. The van der Waals surface area contributed by atoms with Gasteiger partial charge in [-0.1, -0.05) is 45.0 Å². The first-order valence-electron chi connectivity index (χ1n) is 7.84. The number of hydrogen-bond donors (Lipinski definition) is 2. The minimum Gasteiger partial charge on any atom is -0.352 e.